The van der Waals surface area contributed by atoms with Gasteiger partial charge in [-0.3, -0.25) is 4.79 Å². The minimum Gasteiger partial charge on any atom is -0.322 e. The first-order chi connectivity index (χ1) is 10.6. The highest BCUT2D eigenvalue weighted by Crippen LogP contribution is 2.26. The zero-order valence-corrected chi connectivity index (χ0v) is 14.0. The van der Waals surface area contributed by atoms with Crippen LogP contribution in [0.4, 0.5) is 0 Å². The lowest BCUT2D eigenvalue weighted by atomic mass is 10.1. The van der Waals surface area contributed by atoms with Crippen LogP contribution in [-0.2, 0) is 7.05 Å². The van der Waals surface area contributed by atoms with Crippen LogP contribution in [-0.4, -0.2) is 21.1 Å². The maximum absolute atomic E-state index is 12.2. The van der Waals surface area contributed by atoms with Crippen LogP contribution in [0.2, 0.25) is 10.0 Å². The van der Waals surface area contributed by atoms with Gasteiger partial charge in [-0.15, -0.1) is 0 Å². The van der Waals surface area contributed by atoms with Gasteiger partial charge in [0, 0.05) is 12.6 Å². The predicted octanol–water partition coefficient (Wildman–Crippen LogP) is 4.86. The number of benzene rings is 2. The summed E-state index contributed by atoms with van der Waals surface area (Å²) < 4.78 is 1.99. The Morgan fingerprint density at radius 3 is 2.68 bits per heavy atom. The van der Waals surface area contributed by atoms with Gasteiger partial charge in [0.25, 0.3) is 0 Å². The van der Waals surface area contributed by atoms with Crippen molar-refractivity contribution in [1.82, 2.24) is 9.55 Å². The van der Waals surface area contributed by atoms with Crippen LogP contribution in [0.5, 0.6) is 0 Å². The third kappa shape index (κ3) is 3.00. The van der Waals surface area contributed by atoms with Gasteiger partial charge < -0.3 is 4.57 Å². The van der Waals surface area contributed by atoms with E-state index in [1.807, 2.05) is 35.9 Å². The van der Waals surface area contributed by atoms with Crippen LogP contribution in [0.15, 0.2) is 47.6 Å². The number of para-hydroxylation sites is 2. The summed E-state index contributed by atoms with van der Waals surface area (Å²) in [4.78, 5) is 16.8. The normalized spacial score (nSPS) is 11.0. The molecule has 0 fully saturated rings. The van der Waals surface area contributed by atoms with Crippen molar-refractivity contribution in [3.05, 3.63) is 58.1 Å². The van der Waals surface area contributed by atoms with E-state index in [0.717, 1.165) is 16.2 Å². The lowest BCUT2D eigenvalue weighted by molar-refractivity contribution is 0.102. The van der Waals surface area contributed by atoms with Gasteiger partial charge in [-0.25, -0.2) is 4.98 Å². The number of rotatable bonds is 4. The molecule has 0 aliphatic rings. The Kier molecular flexibility index (Phi) is 4.43. The summed E-state index contributed by atoms with van der Waals surface area (Å²) in [7, 11) is 1.95. The third-order valence-electron chi connectivity index (χ3n) is 3.32. The van der Waals surface area contributed by atoms with Gasteiger partial charge in [-0.1, -0.05) is 47.1 Å². The number of imidazole rings is 1. The van der Waals surface area contributed by atoms with E-state index in [0.29, 0.717) is 21.4 Å². The van der Waals surface area contributed by atoms with E-state index in [4.69, 9.17) is 23.2 Å². The molecule has 22 heavy (non-hydrogen) atoms. The van der Waals surface area contributed by atoms with Gasteiger partial charge in [0.15, 0.2) is 10.9 Å². The number of hydrogen-bond donors (Lipinski definition) is 0. The highest BCUT2D eigenvalue weighted by Gasteiger charge is 2.12. The van der Waals surface area contributed by atoms with Gasteiger partial charge in [0.1, 0.15) is 0 Å². The topological polar surface area (TPSA) is 34.9 Å². The van der Waals surface area contributed by atoms with Crippen LogP contribution >= 0.6 is 35.0 Å². The summed E-state index contributed by atoms with van der Waals surface area (Å²) in [6, 6.07) is 12.8. The smallest absolute Gasteiger partial charge is 0.173 e. The zero-order valence-electron chi connectivity index (χ0n) is 11.7. The Morgan fingerprint density at radius 1 is 1.18 bits per heavy atom. The van der Waals surface area contributed by atoms with Crippen molar-refractivity contribution < 1.29 is 4.79 Å². The zero-order chi connectivity index (χ0) is 15.7. The molecule has 0 N–H and O–H groups in total. The number of ketones is 1. The monoisotopic (exact) mass is 350 g/mol. The molecule has 0 saturated heterocycles. The number of aryl methyl sites for hydroxylation is 1. The Labute approximate surface area is 142 Å². The molecule has 0 unspecified atom stereocenters. The van der Waals surface area contributed by atoms with Crippen molar-refractivity contribution in [3.8, 4) is 0 Å². The molecule has 1 aromatic heterocycles. The number of hydrogen-bond acceptors (Lipinski definition) is 3. The number of thioether (sulfide) groups is 1. The molecular weight excluding hydrogens is 339 g/mol. The summed E-state index contributed by atoms with van der Waals surface area (Å²) in [5.74, 6) is 0.297. The first kappa shape index (κ1) is 15.4. The first-order valence-corrected chi connectivity index (χ1v) is 8.33. The van der Waals surface area contributed by atoms with E-state index >= 15 is 0 Å². The second kappa shape index (κ2) is 6.32. The molecule has 112 valence electrons. The summed E-state index contributed by atoms with van der Waals surface area (Å²) >= 11 is 13.2. The fourth-order valence-corrected chi connectivity index (χ4v) is 3.32. The van der Waals surface area contributed by atoms with Gasteiger partial charge in [-0.05, 0) is 30.3 Å². The number of nitrogens with zero attached hydrogens (tertiary/aromatic N) is 2. The summed E-state index contributed by atoms with van der Waals surface area (Å²) in [5.41, 5.74) is 2.53. The molecule has 1 heterocycles. The molecule has 2 aromatic carbocycles. The molecule has 0 saturated carbocycles. The largest absolute Gasteiger partial charge is 0.322 e. The Morgan fingerprint density at radius 2 is 1.95 bits per heavy atom. The third-order valence-corrected chi connectivity index (χ3v) is 5.09. The molecule has 0 aliphatic carbocycles. The Hall–Kier alpha value is -1.49. The van der Waals surface area contributed by atoms with Gasteiger partial charge in [-0.2, -0.15) is 0 Å². The first-order valence-electron chi connectivity index (χ1n) is 6.59. The summed E-state index contributed by atoms with van der Waals surface area (Å²) in [6.07, 6.45) is 0. The van der Waals surface area contributed by atoms with Gasteiger partial charge >= 0.3 is 0 Å². The second-order valence-corrected chi connectivity index (χ2v) is 6.54. The minimum absolute atomic E-state index is 0.00405. The maximum Gasteiger partial charge on any atom is 0.173 e. The fraction of sp³-hybridized carbons (Fsp3) is 0.125. The average molecular weight is 351 g/mol. The lowest BCUT2D eigenvalue weighted by Crippen LogP contribution is -2.03. The predicted molar refractivity (Wildman–Crippen MR) is 92.2 cm³/mol. The number of halogens is 2. The molecule has 0 bridgehead atoms. The van der Waals surface area contributed by atoms with Crippen LogP contribution < -0.4 is 0 Å². The second-order valence-electron chi connectivity index (χ2n) is 4.78. The van der Waals surface area contributed by atoms with Crippen molar-refractivity contribution >= 4 is 51.8 Å². The van der Waals surface area contributed by atoms with Gasteiger partial charge in [0.05, 0.1) is 26.8 Å². The van der Waals surface area contributed by atoms with Crippen molar-refractivity contribution in [3.63, 3.8) is 0 Å². The molecule has 3 aromatic rings. The number of aromatic nitrogens is 2. The van der Waals surface area contributed by atoms with Crippen LogP contribution in [0, 0.1) is 0 Å². The van der Waals surface area contributed by atoms with E-state index in [-0.39, 0.29) is 5.78 Å². The highest BCUT2D eigenvalue weighted by atomic mass is 35.5. The van der Waals surface area contributed by atoms with Crippen LogP contribution in [0.1, 0.15) is 10.4 Å². The molecule has 0 amide bonds. The molecular formula is C16H12Cl2N2OS. The molecule has 6 heteroatoms. The quantitative estimate of drug-likeness (QED) is 0.498. The standard InChI is InChI=1S/C16H12Cl2N2OS/c1-20-14-5-3-2-4-13(14)19-16(20)22-9-15(21)10-6-7-11(17)12(18)8-10/h2-8H,9H2,1H3. The number of carbonyl (C=O) groups is 1. The number of carbonyl (C=O) groups excluding carboxylic acids is 1. The molecule has 0 atom stereocenters. The SMILES string of the molecule is Cn1c(SCC(=O)c2ccc(Cl)c(Cl)c2)nc2ccccc21. The molecule has 0 aliphatic heterocycles. The molecule has 3 nitrogen and oxygen atoms in total. The molecule has 3 rings (SSSR count). The number of fused-ring (bicyclic) bond motifs is 1. The fourth-order valence-electron chi connectivity index (χ4n) is 2.14. The van der Waals surface area contributed by atoms with Crippen molar-refractivity contribution in [2.45, 2.75) is 5.16 Å². The summed E-state index contributed by atoms with van der Waals surface area (Å²) in [6.45, 7) is 0. The van der Waals surface area contributed by atoms with Gasteiger partial charge in [0.2, 0.25) is 0 Å². The Balaban J connectivity index is 1.77. The number of Topliss-reactive ketones (excluding diaryl/α,β-unsaturated/α-hetero) is 1. The van der Waals surface area contributed by atoms with Crippen LogP contribution in [0.3, 0.4) is 0 Å². The van der Waals surface area contributed by atoms with E-state index in [2.05, 4.69) is 4.98 Å². The van der Waals surface area contributed by atoms with Crippen molar-refractivity contribution in [2.75, 3.05) is 5.75 Å². The minimum atomic E-state index is -0.00405. The lowest BCUT2D eigenvalue weighted by Gasteiger charge is -2.03. The van der Waals surface area contributed by atoms with E-state index in [9.17, 15) is 4.79 Å². The summed E-state index contributed by atoms with van der Waals surface area (Å²) in [5, 5.41) is 1.65. The van der Waals surface area contributed by atoms with Crippen LogP contribution in [0.25, 0.3) is 11.0 Å². The van der Waals surface area contributed by atoms with E-state index in [1.54, 1.807) is 18.2 Å². The Bertz CT molecular complexity index is 860. The highest BCUT2D eigenvalue weighted by molar-refractivity contribution is 7.99. The van der Waals surface area contributed by atoms with Crippen molar-refractivity contribution in [2.24, 2.45) is 7.05 Å². The van der Waals surface area contributed by atoms with E-state index in [1.165, 1.54) is 11.8 Å². The van der Waals surface area contributed by atoms with E-state index < -0.39 is 0 Å². The van der Waals surface area contributed by atoms with Crippen molar-refractivity contribution in [1.29, 1.82) is 0 Å². The maximum atomic E-state index is 12.2. The molecule has 0 radical (unpaired) electrons. The average Bonchev–Trinajstić information content (AvgIpc) is 2.84. The molecule has 0 spiro atoms.